The molecular formula is C32H49NO9. The number of nitrogens with one attached hydrogen (secondary N) is 1. The summed E-state index contributed by atoms with van der Waals surface area (Å²) in [4.78, 5) is 24.8. The van der Waals surface area contributed by atoms with Crippen molar-refractivity contribution < 1.29 is 39.1 Å². The number of aliphatic hydroxyl groups excluding tert-OH is 4. The molecule has 1 aliphatic heterocycles. The molecule has 2 heterocycles. The average molecular weight is 592 g/mol. The minimum Gasteiger partial charge on any atom is -0.460 e. The van der Waals surface area contributed by atoms with Gasteiger partial charge in [0.15, 0.2) is 0 Å². The Hall–Kier alpha value is -2.50. The van der Waals surface area contributed by atoms with Crippen LogP contribution in [0.5, 0.6) is 5.75 Å². The predicted molar refractivity (Wildman–Crippen MR) is 161 cm³/mol. The summed E-state index contributed by atoms with van der Waals surface area (Å²) in [5, 5.41) is 43.6. The standard InChI is InChI=1S/C32H49NO9/c1-3-4-5-6-7-8-9-10-11-12-13-14-15-16-27(35)33-23-18-22-21(2)17-28(36)40-24(22)19-25(23)41-32-31(39)30(38)29(37)26(20-34)42-32/h17-19,26,29-32,34,37-39H,3-16,20H2,1-2H3,(H,33,35). The number of benzene rings is 1. The van der Waals surface area contributed by atoms with E-state index in [9.17, 15) is 30.0 Å². The fourth-order valence-electron chi connectivity index (χ4n) is 5.35. The van der Waals surface area contributed by atoms with E-state index in [1.54, 1.807) is 13.0 Å². The topological polar surface area (TPSA) is 159 Å². The summed E-state index contributed by atoms with van der Waals surface area (Å²) < 4.78 is 16.6. The molecule has 236 valence electrons. The lowest BCUT2D eigenvalue weighted by Crippen LogP contribution is -2.60. The zero-order valence-electron chi connectivity index (χ0n) is 25.1. The van der Waals surface area contributed by atoms with E-state index in [0.29, 0.717) is 17.4 Å². The van der Waals surface area contributed by atoms with Gasteiger partial charge in [0.2, 0.25) is 12.2 Å². The molecule has 1 saturated heterocycles. The van der Waals surface area contributed by atoms with Crippen LogP contribution in [-0.4, -0.2) is 63.6 Å². The lowest BCUT2D eigenvalue weighted by atomic mass is 9.99. The molecule has 0 spiro atoms. The van der Waals surface area contributed by atoms with Gasteiger partial charge < -0.3 is 39.6 Å². The number of anilines is 1. The number of unbranched alkanes of at least 4 members (excludes halogenated alkanes) is 12. The summed E-state index contributed by atoms with van der Waals surface area (Å²) in [6.07, 6.45) is 8.64. The van der Waals surface area contributed by atoms with Gasteiger partial charge in [0, 0.05) is 23.9 Å². The normalized spacial score (nSPS) is 22.4. The van der Waals surface area contributed by atoms with Crippen molar-refractivity contribution in [1.29, 1.82) is 0 Å². The highest BCUT2D eigenvalue weighted by Crippen LogP contribution is 2.34. The molecule has 5 N–H and O–H groups in total. The smallest absolute Gasteiger partial charge is 0.336 e. The lowest BCUT2D eigenvalue weighted by Gasteiger charge is -2.39. The van der Waals surface area contributed by atoms with Crippen LogP contribution in [0.25, 0.3) is 11.0 Å². The van der Waals surface area contributed by atoms with Gasteiger partial charge in [-0.05, 0) is 25.0 Å². The van der Waals surface area contributed by atoms with Crippen LogP contribution in [0.4, 0.5) is 5.69 Å². The molecule has 10 heteroatoms. The van der Waals surface area contributed by atoms with Gasteiger partial charge in [0.25, 0.3) is 0 Å². The van der Waals surface area contributed by atoms with Crippen molar-refractivity contribution in [3.05, 3.63) is 34.2 Å². The Morgan fingerprint density at radius 1 is 0.857 bits per heavy atom. The molecule has 5 unspecified atom stereocenters. The van der Waals surface area contributed by atoms with Crippen LogP contribution >= 0.6 is 0 Å². The van der Waals surface area contributed by atoms with Gasteiger partial charge in [-0.3, -0.25) is 4.79 Å². The van der Waals surface area contributed by atoms with Crippen LogP contribution in [0.3, 0.4) is 0 Å². The Labute approximate surface area is 248 Å². The van der Waals surface area contributed by atoms with E-state index in [-0.39, 0.29) is 22.9 Å². The summed E-state index contributed by atoms with van der Waals surface area (Å²) in [6, 6.07) is 4.38. The number of amides is 1. The fourth-order valence-corrected chi connectivity index (χ4v) is 5.35. The van der Waals surface area contributed by atoms with E-state index in [4.69, 9.17) is 13.9 Å². The Morgan fingerprint density at radius 3 is 2.05 bits per heavy atom. The van der Waals surface area contributed by atoms with Crippen molar-refractivity contribution in [3.8, 4) is 5.75 Å². The molecule has 0 saturated carbocycles. The highest BCUT2D eigenvalue weighted by molar-refractivity contribution is 5.96. The summed E-state index contributed by atoms with van der Waals surface area (Å²) in [6.45, 7) is 3.37. The number of hydrogen-bond acceptors (Lipinski definition) is 9. The molecule has 5 atom stereocenters. The molecule has 2 aromatic rings. The largest absolute Gasteiger partial charge is 0.460 e. The van der Waals surface area contributed by atoms with Crippen molar-refractivity contribution in [2.45, 2.75) is 134 Å². The average Bonchev–Trinajstić information content (AvgIpc) is 2.96. The van der Waals surface area contributed by atoms with E-state index in [1.807, 2.05) is 0 Å². The van der Waals surface area contributed by atoms with E-state index >= 15 is 0 Å². The zero-order valence-corrected chi connectivity index (χ0v) is 25.1. The van der Waals surface area contributed by atoms with Gasteiger partial charge in [0.1, 0.15) is 35.7 Å². The lowest BCUT2D eigenvalue weighted by molar-refractivity contribution is -0.277. The SMILES string of the molecule is CCCCCCCCCCCCCCCC(=O)Nc1cc2c(C)cc(=O)oc2cc1OC1OC(CO)C(O)C(O)C1O. The first-order chi connectivity index (χ1) is 20.2. The van der Waals surface area contributed by atoms with E-state index in [1.165, 1.54) is 76.3 Å². The molecule has 0 bridgehead atoms. The minimum absolute atomic E-state index is 0.0410. The van der Waals surface area contributed by atoms with E-state index < -0.39 is 42.9 Å². The van der Waals surface area contributed by atoms with Crippen LogP contribution in [0.1, 0.15) is 102 Å². The number of carbonyl (C=O) groups is 1. The Morgan fingerprint density at radius 2 is 1.45 bits per heavy atom. The summed E-state index contributed by atoms with van der Waals surface area (Å²) >= 11 is 0. The van der Waals surface area contributed by atoms with Crippen molar-refractivity contribution in [1.82, 2.24) is 0 Å². The highest BCUT2D eigenvalue weighted by atomic mass is 16.7. The Kier molecular flexibility index (Phi) is 14.2. The first-order valence-corrected chi connectivity index (χ1v) is 15.6. The highest BCUT2D eigenvalue weighted by Gasteiger charge is 2.45. The second-order valence-electron chi connectivity index (χ2n) is 11.4. The number of aliphatic hydroxyl groups is 4. The molecule has 1 aromatic carbocycles. The second kappa shape index (κ2) is 17.6. The third-order valence-electron chi connectivity index (χ3n) is 7.92. The quantitative estimate of drug-likeness (QED) is 0.122. The van der Waals surface area contributed by atoms with Crippen LogP contribution in [0, 0.1) is 6.92 Å². The molecule has 42 heavy (non-hydrogen) atoms. The minimum atomic E-state index is -1.64. The van der Waals surface area contributed by atoms with Crippen LogP contribution in [-0.2, 0) is 9.53 Å². The van der Waals surface area contributed by atoms with Crippen LogP contribution in [0.15, 0.2) is 27.4 Å². The van der Waals surface area contributed by atoms with Gasteiger partial charge in [0.05, 0.1) is 12.3 Å². The second-order valence-corrected chi connectivity index (χ2v) is 11.4. The van der Waals surface area contributed by atoms with Crippen molar-refractivity contribution in [2.24, 2.45) is 0 Å². The molecule has 1 aromatic heterocycles. The monoisotopic (exact) mass is 591 g/mol. The van der Waals surface area contributed by atoms with Gasteiger partial charge in [-0.2, -0.15) is 0 Å². The summed E-state index contributed by atoms with van der Waals surface area (Å²) in [5.74, 6) is -0.176. The molecule has 1 fully saturated rings. The number of carbonyl (C=O) groups excluding carboxylic acids is 1. The molecule has 10 nitrogen and oxygen atoms in total. The molecule has 1 amide bonds. The predicted octanol–water partition coefficient (Wildman–Crippen LogP) is 4.70. The van der Waals surface area contributed by atoms with E-state index in [0.717, 1.165) is 19.3 Å². The Balaban J connectivity index is 1.53. The third kappa shape index (κ3) is 10.1. The molecule has 0 aliphatic carbocycles. The van der Waals surface area contributed by atoms with Gasteiger partial charge in [-0.25, -0.2) is 4.79 Å². The van der Waals surface area contributed by atoms with Crippen molar-refractivity contribution in [3.63, 3.8) is 0 Å². The van der Waals surface area contributed by atoms with Gasteiger partial charge in [-0.15, -0.1) is 0 Å². The fraction of sp³-hybridized carbons (Fsp3) is 0.688. The Bertz CT molecular complexity index is 1160. The third-order valence-corrected chi connectivity index (χ3v) is 7.92. The number of hydrogen-bond donors (Lipinski definition) is 5. The number of rotatable bonds is 18. The van der Waals surface area contributed by atoms with Crippen LogP contribution < -0.4 is 15.7 Å². The number of aryl methyl sites for hydroxylation is 1. The molecular weight excluding hydrogens is 542 g/mol. The first kappa shape index (κ1) is 34.0. The van der Waals surface area contributed by atoms with Crippen molar-refractivity contribution >= 4 is 22.6 Å². The summed E-state index contributed by atoms with van der Waals surface area (Å²) in [7, 11) is 0. The maximum atomic E-state index is 12.9. The van der Waals surface area contributed by atoms with Crippen LogP contribution in [0.2, 0.25) is 0 Å². The molecule has 1 aliphatic rings. The van der Waals surface area contributed by atoms with Crippen molar-refractivity contribution in [2.75, 3.05) is 11.9 Å². The molecule has 3 rings (SSSR count). The maximum Gasteiger partial charge on any atom is 0.336 e. The summed E-state index contributed by atoms with van der Waals surface area (Å²) in [5.41, 5.74) is 0.566. The maximum absolute atomic E-state index is 12.9. The van der Waals surface area contributed by atoms with Gasteiger partial charge in [-0.1, -0.05) is 84.0 Å². The first-order valence-electron chi connectivity index (χ1n) is 15.6. The van der Waals surface area contributed by atoms with E-state index in [2.05, 4.69) is 12.2 Å². The number of ether oxygens (including phenoxy) is 2. The molecule has 0 radical (unpaired) electrons. The zero-order chi connectivity index (χ0) is 30.5. The number of fused-ring (bicyclic) bond motifs is 1. The van der Waals surface area contributed by atoms with Gasteiger partial charge >= 0.3 is 5.63 Å².